The summed E-state index contributed by atoms with van der Waals surface area (Å²) in [5, 5.41) is 0. The summed E-state index contributed by atoms with van der Waals surface area (Å²) in [5.74, 6) is -9.29. The molecule has 3 rings (SSSR count). The smallest absolute Gasteiger partial charge is 0.272 e. The predicted octanol–water partition coefficient (Wildman–Crippen LogP) is 4.01. The van der Waals surface area contributed by atoms with Crippen molar-refractivity contribution in [3.8, 4) is 23.8 Å². The van der Waals surface area contributed by atoms with Gasteiger partial charge in [-0.25, -0.2) is 26.0 Å². The molecular formula is C20H16F5NO4S. The van der Waals surface area contributed by atoms with E-state index in [2.05, 4.69) is 0 Å². The summed E-state index contributed by atoms with van der Waals surface area (Å²) in [6.45, 7) is -0.980. The standard InChI is InChI=1S/C20H16F5NO4S/c1-3-8-26(12-6-7-14(29-2)13(21)9-12)31(27,28)20-18(25)16(23)15(22)17(24)19(20)30-10-11-4-5-11/h1,6-7,9,11H,4-5,8,10H2,2H3. The topological polar surface area (TPSA) is 55.8 Å². The molecule has 0 unspecified atom stereocenters. The fourth-order valence-corrected chi connectivity index (χ4v) is 4.31. The van der Waals surface area contributed by atoms with Gasteiger partial charge in [0.25, 0.3) is 10.0 Å². The Morgan fingerprint density at radius 3 is 2.29 bits per heavy atom. The second kappa shape index (κ2) is 8.63. The zero-order valence-electron chi connectivity index (χ0n) is 16.1. The first kappa shape index (κ1) is 22.7. The van der Waals surface area contributed by atoms with Crippen LogP contribution in [-0.2, 0) is 10.0 Å². The molecule has 2 aromatic carbocycles. The summed E-state index contributed by atoms with van der Waals surface area (Å²) < 4.78 is 107. The third-order valence-electron chi connectivity index (χ3n) is 4.55. The maximum atomic E-state index is 14.6. The van der Waals surface area contributed by atoms with Gasteiger partial charge in [-0.2, -0.15) is 4.39 Å². The molecule has 0 bridgehead atoms. The van der Waals surface area contributed by atoms with Gasteiger partial charge in [0.1, 0.15) is 0 Å². The van der Waals surface area contributed by atoms with E-state index in [4.69, 9.17) is 15.9 Å². The minimum absolute atomic E-state index is 0.0522. The van der Waals surface area contributed by atoms with Gasteiger partial charge in [-0.05, 0) is 30.9 Å². The zero-order valence-corrected chi connectivity index (χ0v) is 16.9. The molecule has 31 heavy (non-hydrogen) atoms. The van der Waals surface area contributed by atoms with E-state index in [9.17, 15) is 30.4 Å². The maximum Gasteiger partial charge on any atom is 0.272 e. The number of hydrogen-bond acceptors (Lipinski definition) is 4. The van der Waals surface area contributed by atoms with Crippen molar-refractivity contribution in [3.63, 3.8) is 0 Å². The van der Waals surface area contributed by atoms with E-state index in [1.54, 1.807) is 0 Å². The molecule has 5 nitrogen and oxygen atoms in total. The Bertz CT molecular complexity index is 1160. The lowest BCUT2D eigenvalue weighted by atomic mass is 10.3. The summed E-state index contributed by atoms with van der Waals surface area (Å²) in [6.07, 6.45) is 6.59. The number of halogens is 5. The number of methoxy groups -OCH3 is 1. The number of benzene rings is 2. The van der Waals surface area contributed by atoms with Gasteiger partial charge in [-0.3, -0.25) is 4.31 Å². The average Bonchev–Trinajstić information content (AvgIpc) is 3.56. The summed E-state index contributed by atoms with van der Waals surface area (Å²) in [4.78, 5) is -1.57. The van der Waals surface area contributed by atoms with Crippen molar-refractivity contribution in [1.29, 1.82) is 0 Å². The molecular weight excluding hydrogens is 445 g/mol. The van der Waals surface area contributed by atoms with E-state index in [1.165, 1.54) is 7.11 Å². The van der Waals surface area contributed by atoms with Gasteiger partial charge in [0.2, 0.25) is 11.6 Å². The summed E-state index contributed by atoms with van der Waals surface area (Å²) in [7, 11) is -3.99. The Balaban J connectivity index is 2.20. The van der Waals surface area contributed by atoms with Gasteiger partial charge in [0, 0.05) is 6.07 Å². The summed E-state index contributed by atoms with van der Waals surface area (Å²) >= 11 is 0. The predicted molar refractivity (Wildman–Crippen MR) is 101 cm³/mol. The Hall–Kier alpha value is -3.00. The monoisotopic (exact) mass is 461 g/mol. The number of terminal acetylenes is 1. The van der Waals surface area contributed by atoms with E-state index in [-0.39, 0.29) is 24.0 Å². The molecule has 0 aliphatic heterocycles. The number of nitrogens with zero attached hydrogens (tertiary/aromatic N) is 1. The molecule has 0 atom stereocenters. The number of ether oxygens (including phenoxy) is 2. The molecule has 1 fully saturated rings. The van der Waals surface area contributed by atoms with Gasteiger partial charge >= 0.3 is 0 Å². The fourth-order valence-electron chi connectivity index (χ4n) is 2.75. The van der Waals surface area contributed by atoms with Crippen LogP contribution in [0, 0.1) is 47.3 Å². The molecule has 0 radical (unpaired) electrons. The van der Waals surface area contributed by atoms with Crippen LogP contribution in [-0.4, -0.2) is 28.7 Å². The van der Waals surface area contributed by atoms with Crippen molar-refractivity contribution >= 4 is 15.7 Å². The van der Waals surface area contributed by atoms with Gasteiger partial charge in [-0.1, -0.05) is 5.92 Å². The van der Waals surface area contributed by atoms with Crippen LogP contribution < -0.4 is 13.8 Å². The van der Waals surface area contributed by atoms with Crippen LogP contribution in [0.4, 0.5) is 27.6 Å². The van der Waals surface area contributed by atoms with Crippen molar-refractivity contribution in [2.75, 3.05) is 24.6 Å². The summed E-state index contributed by atoms with van der Waals surface area (Å²) in [5.41, 5.74) is -0.381. The molecule has 0 saturated heterocycles. The maximum absolute atomic E-state index is 14.6. The highest BCUT2D eigenvalue weighted by molar-refractivity contribution is 7.93. The Morgan fingerprint density at radius 1 is 1.10 bits per heavy atom. The molecule has 166 valence electrons. The van der Waals surface area contributed by atoms with Gasteiger partial charge < -0.3 is 9.47 Å². The van der Waals surface area contributed by atoms with Crippen molar-refractivity contribution in [2.45, 2.75) is 17.7 Å². The Kier molecular flexibility index (Phi) is 6.31. The van der Waals surface area contributed by atoms with Crippen molar-refractivity contribution in [1.82, 2.24) is 0 Å². The molecule has 1 saturated carbocycles. The van der Waals surface area contributed by atoms with Crippen LogP contribution in [0.15, 0.2) is 23.1 Å². The van der Waals surface area contributed by atoms with Crippen molar-refractivity contribution < 1.29 is 39.8 Å². The van der Waals surface area contributed by atoms with Crippen molar-refractivity contribution in [3.05, 3.63) is 47.3 Å². The Labute approximate surface area is 175 Å². The van der Waals surface area contributed by atoms with Crippen LogP contribution in [0.1, 0.15) is 12.8 Å². The van der Waals surface area contributed by atoms with Crippen molar-refractivity contribution in [2.24, 2.45) is 5.92 Å². The molecule has 2 aromatic rings. The number of anilines is 1. The van der Waals surface area contributed by atoms with Gasteiger partial charge in [0.15, 0.2) is 33.8 Å². The number of sulfonamides is 1. The second-order valence-corrected chi connectivity index (χ2v) is 8.50. The highest BCUT2D eigenvalue weighted by Gasteiger charge is 2.38. The molecule has 1 aliphatic rings. The lowest BCUT2D eigenvalue weighted by Crippen LogP contribution is -2.33. The Morgan fingerprint density at radius 2 is 1.74 bits per heavy atom. The second-order valence-electron chi connectivity index (χ2n) is 6.70. The van der Waals surface area contributed by atoms with Crippen LogP contribution in [0.2, 0.25) is 0 Å². The minimum Gasteiger partial charge on any atom is -0.494 e. The van der Waals surface area contributed by atoms with Gasteiger partial charge in [-0.15, -0.1) is 6.42 Å². The van der Waals surface area contributed by atoms with E-state index < -0.39 is 56.3 Å². The van der Waals surface area contributed by atoms with E-state index in [0.29, 0.717) is 17.1 Å². The van der Waals surface area contributed by atoms with E-state index in [1.807, 2.05) is 5.92 Å². The first-order chi connectivity index (χ1) is 14.6. The molecule has 0 heterocycles. The lowest BCUT2D eigenvalue weighted by Gasteiger charge is -2.24. The minimum atomic E-state index is -5.17. The molecule has 0 aromatic heterocycles. The van der Waals surface area contributed by atoms with Crippen LogP contribution in [0.3, 0.4) is 0 Å². The average molecular weight is 461 g/mol. The molecule has 0 spiro atoms. The van der Waals surface area contributed by atoms with Crippen LogP contribution >= 0.6 is 0 Å². The van der Waals surface area contributed by atoms with Crippen LogP contribution in [0.5, 0.6) is 11.5 Å². The van der Waals surface area contributed by atoms with E-state index >= 15 is 0 Å². The third-order valence-corrected chi connectivity index (χ3v) is 6.35. The first-order valence-corrected chi connectivity index (χ1v) is 10.4. The fraction of sp³-hybridized carbons (Fsp3) is 0.300. The SMILES string of the molecule is C#CCN(c1ccc(OC)c(F)c1)S(=O)(=O)c1c(F)c(F)c(F)c(F)c1OCC1CC1. The van der Waals surface area contributed by atoms with Gasteiger partial charge in [0.05, 0.1) is 25.9 Å². The normalized spacial score (nSPS) is 13.6. The van der Waals surface area contributed by atoms with Crippen LogP contribution in [0.25, 0.3) is 0 Å². The largest absolute Gasteiger partial charge is 0.494 e. The zero-order chi connectivity index (χ0) is 22.9. The highest BCUT2D eigenvalue weighted by atomic mass is 32.2. The molecule has 0 amide bonds. The summed E-state index contributed by atoms with van der Waals surface area (Å²) in [6, 6.07) is 2.90. The third kappa shape index (κ3) is 4.25. The number of hydrogen-bond donors (Lipinski definition) is 0. The molecule has 1 aliphatic carbocycles. The lowest BCUT2D eigenvalue weighted by molar-refractivity contribution is 0.261. The number of rotatable bonds is 8. The first-order valence-electron chi connectivity index (χ1n) is 8.91. The highest BCUT2D eigenvalue weighted by Crippen LogP contribution is 2.39. The molecule has 0 N–H and O–H groups in total. The quantitative estimate of drug-likeness (QED) is 0.258. The molecule has 11 heteroatoms. The van der Waals surface area contributed by atoms with E-state index in [0.717, 1.165) is 18.2 Å².